The van der Waals surface area contributed by atoms with Crippen LogP contribution in [0.25, 0.3) is 33.2 Å². The smallest absolute Gasteiger partial charge is 0.143 e. The van der Waals surface area contributed by atoms with E-state index in [4.69, 9.17) is 4.98 Å². The second-order valence-corrected chi connectivity index (χ2v) is 9.79. The zero-order valence-corrected chi connectivity index (χ0v) is 21.6. The van der Waals surface area contributed by atoms with E-state index in [0.29, 0.717) is 0 Å². The molecule has 4 nitrogen and oxygen atoms in total. The van der Waals surface area contributed by atoms with E-state index in [-0.39, 0.29) is 0 Å². The van der Waals surface area contributed by atoms with E-state index in [0.717, 1.165) is 55.6 Å². The molecule has 0 aliphatic carbocycles. The molecule has 186 valence electrons. The average Bonchev–Trinajstić information content (AvgIpc) is 3.33. The maximum atomic E-state index is 5.37. The van der Waals surface area contributed by atoms with Crippen molar-refractivity contribution in [3.8, 4) is 11.3 Å². The molecule has 0 saturated carbocycles. The van der Waals surface area contributed by atoms with Gasteiger partial charge in [0.2, 0.25) is 0 Å². The van der Waals surface area contributed by atoms with Crippen molar-refractivity contribution in [1.82, 2.24) is 19.5 Å². The van der Waals surface area contributed by atoms with Crippen LogP contribution in [0, 0.1) is 6.92 Å². The number of benzene rings is 3. The minimum atomic E-state index is -0.690. The Morgan fingerprint density at radius 2 is 1.23 bits per heavy atom. The second kappa shape index (κ2) is 9.34. The maximum Gasteiger partial charge on any atom is 0.143 e. The molecule has 0 fully saturated rings. The standard InChI is InChI=1S/C35H26N4/c1-25-23-26(19-22-37-25)32-18-17-30-31-24-36-21-20-33(31)39(34(30)38-32)35(27-11-5-2-6-12-27,28-13-7-3-8-14-28)29-15-9-4-10-16-29/h2-24H,1H3. The summed E-state index contributed by atoms with van der Waals surface area (Å²) in [7, 11) is 0. The third kappa shape index (κ3) is 3.64. The van der Waals surface area contributed by atoms with Gasteiger partial charge >= 0.3 is 0 Å². The fourth-order valence-electron chi connectivity index (χ4n) is 5.86. The van der Waals surface area contributed by atoms with Crippen LogP contribution in [0.2, 0.25) is 0 Å². The molecule has 39 heavy (non-hydrogen) atoms. The Bertz CT molecular complexity index is 1810. The highest BCUT2D eigenvalue weighted by atomic mass is 15.1. The molecular weight excluding hydrogens is 476 g/mol. The highest BCUT2D eigenvalue weighted by Gasteiger charge is 2.41. The summed E-state index contributed by atoms with van der Waals surface area (Å²) in [4.78, 5) is 14.3. The van der Waals surface area contributed by atoms with E-state index in [9.17, 15) is 0 Å². The largest absolute Gasteiger partial charge is 0.307 e. The summed E-state index contributed by atoms with van der Waals surface area (Å²) in [6.07, 6.45) is 5.67. The summed E-state index contributed by atoms with van der Waals surface area (Å²) < 4.78 is 2.41. The molecule has 7 aromatic rings. The molecule has 0 spiro atoms. The highest BCUT2D eigenvalue weighted by Crippen LogP contribution is 2.45. The van der Waals surface area contributed by atoms with Gasteiger partial charge in [-0.1, -0.05) is 91.0 Å². The number of hydrogen-bond donors (Lipinski definition) is 0. The normalized spacial score (nSPS) is 11.7. The van der Waals surface area contributed by atoms with Gasteiger partial charge in [0.1, 0.15) is 11.2 Å². The summed E-state index contributed by atoms with van der Waals surface area (Å²) in [5.74, 6) is 0. The minimum absolute atomic E-state index is 0.690. The molecule has 0 saturated heterocycles. The molecular formula is C35H26N4. The number of aromatic nitrogens is 4. The Labute approximate surface area is 227 Å². The molecule has 0 aliphatic heterocycles. The van der Waals surface area contributed by atoms with Crippen molar-refractivity contribution in [1.29, 1.82) is 0 Å². The van der Waals surface area contributed by atoms with E-state index in [2.05, 4.69) is 130 Å². The van der Waals surface area contributed by atoms with Gasteiger partial charge in [-0.25, -0.2) is 4.98 Å². The molecule has 0 amide bonds. The van der Waals surface area contributed by atoms with Gasteiger partial charge in [0, 0.05) is 40.6 Å². The van der Waals surface area contributed by atoms with Gasteiger partial charge in [-0.05, 0) is 53.9 Å². The number of nitrogens with zero attached hydrogens (tertiary/aromatic N) is 4. The molecule has 0 unspecified atom stereocenters. The first kappa shape index (κ1) is 23.1. The molecule has 4 heteroatoms. The molecule has 4 aromatic heterocycles. The van der Waals surface area contributed by atoms with Gasteiger partial charge in [0.15, 0.2) is 0 Å². The first-order chi connectivity index (χ1) is 19.3. The van der Waals surface area contributed by atoms with Crippen LogP contribution in [0.3, 0.4) is 0 Å². The van der Waals surface area contributed by atoms with Crippen LogP contribution in [0.1, 0.15) is 22.4 Å². The predicted octanol–water partition coefficient (Wildman–Crippen LogP) is 7.80. The first-order valence-corrected chi connectivity index (χ1v) is 13.1. The van der Waals surface area contributed by atoms with Crippen LogP contribution in [0.5, 0.6) is 0 Å². The Kier molecular flexibility index (Phi) is 5.52. The van der Waals surface area contributed by atoms with Gasteiger partial charge in [-0.3, -0.25) is 9.97 Å². The van der Waals surface area contributed by atoms with E-state index in [1.807, 2.05) is 31.6 Å². The fourth-order valence-corrected chi connectivity index (χ4v) is 5.86. The number of rotatable bonds is 5. The number of hydrogen-bond acceptors (Lipinski definition) is 3. The van der Waals surface area contributed by atoms with Crippen LogP contribution >= 0.6 is 0 Å². The van der Waals surface area contributed by atoms with E-state index in [1.165, 1.54) is 0 Å². The minimum Gasteiger partial charge on any atom is -0.307 e. The van der Waals surface area contributed by atoms with Crippen molar-refractivity contribution in [2.75, 3.05) is 0 Å². The molecule has 0 aliphatic rings. The summed E-state index contributed by atoms with van der Waals surface area (Å²) in [6, 6.07) is 42.7. The third-order valence-electron chi connectivity index (χ3n) is 7.52. The van der Waals surface area contributed by atoms with Crippen molar-refractivity contribution in [2.24, 2.45) is 0 Å². The highest BCUT2D eigenvalue weighted by molar-refractivity contribution is 6.07. The second-order valence-electron chi connectivity index (χ2n) is 9.79. The molecule has 0 radical (unpaired) electrons. The topological polar surface area (TPSA) is 43.6 Å². The zero-order valence-electron chi connectivity index (χ0n) is 21.6. The van der Waals surface area contributed by atoms with E-state index >= 15 is 0 Å². The SMILES string of the molecule is Cc1cc(-c2ccc3c4cnccc4n(C(c4ccccc4)(c4ccccc4)c4ccccc4)c3n2)ccn1. The maximum absolute atomic E-state index is 5.37. The van der Waals surface area contributed by atoms with Crippen LogP contribution in [-0.2, 0) is 5.54 Å². The predicted molar refractivity (Wildman–Crippen MR) is 158 cm³/mol. The summed E-state index contributed by atoms with van der Waals surface area (Å²) >= 11 is 0. The monoisotopic (exact) mass is 502 g/mol. The van der Waals surface area contributed by atoms with Gasteiger partial charge in [0.25, 0.3) is 0 Å². The van der Waals surface area contributed by atoms with Crippen molar-refractivity contribution in [3.63, 3.8) is 0 Å². The molecule has 0 atom stereocenters. The lowest BCUT2D eigenvalue weighted by Crippen LogP contribution is -2.37. The Morgan fingerprint density at radius 3 is 1.82 bits per heavy atom. The van der Waals surface area contributed by atoms with Crippen molar-refractivity contribution < 1.29 is 0 Å². The Morgan fingerprint density at radius 1 is 0.615 bits per heavy atom. The number of aryl methyl sites for hydroxylation is 1. The average molecular weight is 503 g/mol. The van der Waals surface area contributed by atoms with Gasteiger partial charge < -0.3 is 4.57 Å². The van der Waals surface area contributed by atoms with E-state index in [1.54, 1.807) is 0 Å². The lowest BCUT2D eigenvalue weighted by atomic mass is 9.76. The van der Waals surface area contributed by atoms with Crippen LogP contribution in [0.15, 0.2) is 140 Å². The Hall–Kier alpha value is -5.09. The lowest BCUT2D eigenvalue weighted by Gasteiger charge is -2.38. The van der Waals surface area contributed by atoms with Crippen LogP contribution in [-0.4, -0.2) is 19.5 Å². The fraction of sp³-hybridized carbons (Fsp3) is 0.0571. The molecule has 3 aromatic carbocycles. The molecule has 0 N–H and O–H groups in total. The lowest BCUT2D eigenvalue weighted by molar-refractivity contribution is 0.546. The van der Waals surface area contributed by atoms with Crippen LogP contribution < -0.4 is 0 Å². The summed E-state index contributed by atoms with van der Waals surface area (Å²) in [5.41, 5.74) is 7.68. The molecule has 4 heterocycles. The molecule has 0 bridgehead atoms. The van der Waals surface area contributed by atoms with Crippen molar-refractivity contribution >= 4 is 21.9 Å². The molecule has 7 rings (SSSR count). The van der Waals surface area contributed by atoms with E-state index < -0.39 is 5.54 Å². The summed E-state index contributed by atoms with van der Waals surface area (Å²) in [5, 5.41) is 2.14. The first-order valence-electron chi connectivity index (χ1n) is 13.1. The quantitative estimate of drug-likeness (QED) is 0.226. The summed E-state index contributed by atoms with van der Waals surface area (Å²) in [6.45, 7) is 2.01. The van der Waals surface area contributed by atoms with Crippen LogP contribution in [0.4, 0.5) is 0 Å². The third-order valence-corrected chi connectivity index (χ3v) is 7.52. The number of fused-ring (bicyclic) bond motifs is 3. The van der Waals surface area contributed by atoms with Gasteiger partial charge in [-0.2, -0.15) is 0 Å². The van der Waals surface area contributed by atoms with Crippen molar-refractivity contribution in [3.05, 3.63) is 162 Å². The van der Waals surface area contributed by atoms with Gasteiger partial charge in [-0.15, -0.1) is 0 Å². The Balaban J connectivity index is 1.69. The number of pyridine rings is 3. The zero-order chi connectivity index (χ0) is 26.2. The van der Waals surface area contributed by atoms with Gasteiger partial charge in [0.05, 0.1) is 11.2 Å². The van der Waals surface area contributed by atoms with Crippen molar-refractivity contribution in [2.45, 2.75) is 12.5 Å².